The van der Waals surface area contributed by atoms with Crippen LogP contribution in [0, 0.1) is 0 Å². The summed E-state index contributed by atoms with van der Waals surface area (Å²) in [5.41, 5.74) is 0. The Balaban J connectivity index is 0. The van der Waals surface area contributed by atoms with E-state index < -0.39 is 20.2 Å². The van der Waals surface area contributed by atoms with E-state index in [4.69, 9.17) is 11.8 Å². The average Bonchev–Trinajstić information content (AvgIpc) is 2.85. The zero-order chi connectivity index (χ0) is 30.1. The van der Waals surface area contributed by atoms with Crippen LogP contribution < -0.4 is 0 Å². The number of phenols is 2. The van der Waals surface area contributed by atoms with E-state index in [1.165, 1.54) is 0 Å². The van der Waals surface area contributed by atoms with E-state index in [1.807, 2.05) is 88.4 Å². The summed E-state index contributed by atoms with van der Waals surface area (Å²) in [4.78, 5) is 0. The van der Waals surface area contributed by atoms with Crippen LogP contribution in [0.2, 0.25) is 0 Å². The number of hydrogen-bond acceptors (Lipinski definition) is 6. The lowest BCUT2D eigenvalue weighted by molar-refractivity contribution is 0.476. The first-order valence-electron chi connectivity index (χ1n) is 11.8. The molecule has 0 aliphatic rings. The molecular weight excluding hydrogens is 504 g/mol. The highest BCUT2D eigenvalue weighted by molar-refractivity contribution is 7.85. The minimum absolute atomic E-state index is 0.0358. The highest BCUT2D eigenvalue weighted by atomic mass is 32.2. The second-order valence-electron chi connectivity index (χ2n) is 6.31. The van der Waals surface area contributed by atoms with Gasteiger partial charge < -0.3 is 10.2 Å². The largest absolute Gasteiger partial charge is 0.508 e. The molecule has 0 unspecified atom stereocenters. The van der Waals surface area contributed by atoms with Crippen molar-refractivity contribution in [3.8, 4) is 11.5 Å². The second kappa shape index (κ2) is 18.1. The number of fused-ring (bicyclic) bond motifs is 2. The van der Waals surface area contributed by atoms with Gasteiger partial charge in [-0.1, -0.05) is 94.4 Å². The predicted octanol–water partition coefficient (Wildman–Crippen LogP) is 6.15. The Kier molecular flexibility index (Phi) is 15.5. The van der Waals surface area contributed by atoms with Gasteiger partial charge in [0.2, 0.25) is 0 Å². The molecule has 0 bridgehead atoms. The van der Waals surface area contributed by atoms with E-state index in [2.05, 4.69) is 0 Å². The summed E-state index contributed by atoms with van der Waals surface area (Å²) in [6.45, 7) is 8.00. The number of benzene rings is 4. The van der Waals surface area contributed by atoms with E-state index in [1.54, 1.807) is 12.1 Å². The lowest BCUT2D eigenvalue weighted by Crippen LogP contribution is -1.88. The molecule has 36 heavy (non-hydrogen) atoms. The van der Waals surface area contributed by atoms with Gasteiger partial charge >= 0.3 is 0 Å². The SMILES string of the molecule is CC.CC.CS(=O)(=O)O.CS(=O)(=O)O.[2H]c1c(O)ccc2ccccc12.[2H]c1ccc2ccccc2c1O. The second-order valence-corrected chi connectivity index (χ2v) is 9.24. The van der Waals surface area contributed by atoms with Gasteiger partial charge in [-0.2, -0.15) is 16.8 Å². The van der Waals surface area contributed by atoms with Crippen LogP contribution in [0.15, 0.2) is 84.9 Å². The normalized spacial score (nSPS) is 10.6. The number of aromatic hydroxyl groups is 2. The van der Waals surface area contributed by atoms with Crippen LogP contribution in [0.25, 0.3) is 21.5 Å². The van der Waals surface area contributed by atoms with Crippen molar-refractivity contribution in [2.24, 2.45) is 0 Å². The first-order chi connectivity index (χ1) is 17.6. The Hall–Kier alpha value is -3.18. The molecule has 0 radical (unpaired) electrons. The summed E-state index contributed by atoms with van der Waals surface area (Å²) in [5, 5.41) is 22.2. The molecule has 10 heteroatoms. The lowest BCUT2D eigenvalue weighted by Gasteiger charge is -1.97. The maximum absolute atomic E-state index is 9.47. The minimum Gasteiger partial charge on any atom is -0.508 e. The summed E-state index contributed by atoms with van der Waals surface area (Å²) >= 11 is 0. The summed E-state index contributed by atoms with van der Waals surface area (Å²) in [7, 11) is -7.33. The predicted molar refractivity (Wildman–Crippen MR) is 149 cm³/mol. The molecule has 0 saturated carbocycles. The van der Waals surface area contributed by atoms with Gasteiger partial charge in [0, 0.05) is 5.39 Å². The van der Waals surface area contributed by atoms with Crippen LogP contribution in [-0.4, -0.2) is 48.7 Å². The summed E-state index contributed by atoms with van der Waals surface area (Å²) < 4.78 is 66.6. The van der Waals surface area contributed by atoms with Gasteiger partial charge in [0.05, 0.1) is 15.3 Å². The van der Waals surface area contributed by atoms with Crippen molar-refractivity contribution in [3.63, 3.8) is 0 Å². The number of hydrogen-bond donors (Lipinski definition) is 4. The third-order valence-electron chi connectivity index (χ3n) is 3.34. The first kappa shape index (κ1) is 30.9. The van der Waals surface area contributed by atoms with Crippen LogP contribution in [-0.2, 0) is 20.2 Å². The molecule has 4 aromatic carbocycles. The number of rotatable bonds is 0. The van der Waals surface area contributed by atoms with Gasteiger partial charge in [0.1, 0.15) is 11.5 Å². The fourth-order valence-corrected chi connectivity index (χ4v) is 2.25. The van der Waals surface area contributed by atoms with E-state index in [0.717, 1.165) is 21.5 Å². The highest BCUT2D eigenvalue weighted by Crippen LogP contribution is 2.23. The smallest absolute Gasteiger partial charge is 0.261 e. The van der Waals surface area contributed by atoms with Gasteiger partial charge in [0.15, 0.2) is 0 Å². The summed E-state index contributed by atoms with van der Waals surface area (Å²) in [5.74, 6) is 0.0989. The van der Waals surface area contributed by atoms with Crippen LogP contribution >= 0.6 is 0 Å². The third-order valence-corrected chi connectivity index (χ3v) is 3.34. The standard InChI is InChI=1S/2C10H8O.2C2H6.2CH4O3S/c11-10-7-3-5-8-4-1-2-6-9(8)10;11-10-6-5-8-3-1-2-4-9(8)7-10;2*1-2;2*1-5(2,3)4/h2*1-7,11H;2*1-2H3;2*1H3,(H,2,3,4)/i2*7D;;;;. The van der Waals surface area contributed by atoms with Gasteiger partial charge in [-0.05, 0) is 34.3 Å². The first-order valence-corrected chi connectivity index (χ1v) is 14.5. The molecule has 4 N–H and O–H groups in total. The fourth-order valence-electron chi connectivity index (χ4n) is 2.25. The molecule has 4 rings (SSSR count). The molecule has 200 valence electrons. The van der Waals surface area contributed by atoms with Crippen molar-refractivity contribution >= 4 is 41.8 Å². The van der Waals surface area contributed by atoms with Crippen LogP contribution in [0.1, 0.15) is 30.4 Å². The quantitative estimate of drug-likeness (QED) is 0.193. The van der Waals surface area contributed by atoms with Crippen LogP contribution in [0.4, 0.5) is 0 Å². The van der Waals surface area contributed by atoms with Crippen molar-refractivity contribution in [1.29, 1.82) is 0 Å². The monoisotopic (exact) mass is 542 g/mol. The molecule has 0 spiro atoms. The van der Waals surface area contributed by atoms with Crippen LogP contribution in [0.3, 0.4) is 0 Å². The van der Waals surface area contributed by atoms with Gasteiger partial charge in [0.25, 0.3) is 20.2 Å². The van der Waals surface area contributed by atoms with E-state index in [0.29, 0.717) is 12.5 Å². The van der Waals surface area contributed by atoms with Crippen molar-refractivity contribution in [2.75, 3.05) is 12.5 Å². The van der Waals surface area contributed by atoms with Gasteiger partial charge in [-0.25, -0.2) is 0 Å². The molecular formula is C26H36O8S2. The molecule has 0 aliphatic heterocycles. The Labute approximate surface area is 217 Å². The average molecular weight is 543 g/mol. The molecule has 0 atom stereocenters. The van der Waals surface area contributed by atoms with E-state index in [-0.39, 0.29) is 23.6 Å². The molecule has 8 nitrogen and oxygen atoms in total. The maximum Gasteiger partial charge on any atom is 0.261 e. The van der Waals surface area contributed by atoms with Crippen molar-refractivity contribution in [1.82, 2.24) is 0 Å². The van der Waals surface area contributed by atoms with Crippen molar-refractivity contribution < 1.29 is 38.9 Å². The third kappa shape index (κ3) is 19.2. The van der Waals surface area contributed by atoms with Gasteiger partial charge in [-0.3, -0.25) is 9.11 Å². The Bertz CT molecular complexity index is 1340. The Morgan fingerprint density at radius 2 is 1.00 bits per heavy atom. The molecule has 4 aromatic rings. The molecule has 0 aromatic heterocycles. The highest BCUT2D eigenvalue weighted by Gasteiger charge is 1.94. The zero-order valence-electron chi connectivity index (χ0n) is 23.2. The minimum atomic E-state index is -3.67. The molecule has 0 aliphatic carbocycles. The summed E-state index contributed by atoms with van der Waals surface area (Å²) in [6.07, 6.45) is 1.43. The fraction of sp³-hybridized carbons (Fsp3) is 0.231. The number of phenolic OH excluding ortho intramolecular Hbond substituents is 2. The van der Waals surface area contributed by atoms with Crippen molar-refractivity contribution in [3.05, 3.63) is 84.9 Å². The van der Waals surface area contributed by atoms with E-state index in [9.17, 15) is 27.0 Å². The zero-order valence-corrected chi connectivity index (χ0v) is 22.8. The topological polar surface area (TPSA) is 149 Å². The Morgan fingerprint density at radius 3 is 1.50 bits per heavy atom. The van der Waals surface area contributed by atoms with Crippen molar-refractivity contribution in [2.45, 2.75) is 27.7 Å². The van der Waals surface area contributed by atoms with Crippen LogP contribution in [0.5, 0.6) is 11.5 Å². The van der Waals surface area contributed by atoms with E-state index >= 15 is 0 Å². The Morgan fingerprint density at radius 1 is 0.611 bits per heavy atom. The molecule has 0 saturated heterocycles. The maximum atomic E-state index is 9.47. The lowest BCUT2D eigenvalue weighted by atomic mass is 10.1. The van der Waals surface area contributed by atoms with Gasteiger partial charge in [-0.15, -0.1) is 0 Å². The molecule has 0 amide bonds. The molecule has 0 fully saturated rings. The summed E-state index contributed by atoms with van der Waals surface area (Å²) in [6, 6.07) is 22.2. The molecule has 0 heterocycles.